The molecule has 98 valence electrons. The van der Waals surface area contributed by atoms with Crippen LogP contribution in [0.3, 0.4) is 0 Å². The van der Waals surface area contributed by atoms with Crippen LogP contribution in [0.25, 0.3) is 0 Å². The molecule has 6 nitrogen and oxygen atoms in total. The van der Waals surface area contributed by atoms with Crippen LogP contribution in [0.4, 0.5) is 5.82 Å². The van der Waals surface area contributed by atoms with Gasteiger partial charge in [-0.3, -0.25) is 4.79 Å². The number of hydrogen-bond donors (Lipinski definition) is 0. The van der Waals surface area contributed by atoms with Gasteiger partial charge in [-0.15, -0.1) is 0 Å². The normalized spacial score (nSPS) is 10.4. The van der Waals surface area contributed by atoms with Crippen LogP contribution in [0, 0.1) is 10.1 Å². The highest BCUT2D eigenvalue weighted by Gasteiger charge is 2.20. The fourth-order valence-corrected chi connectivity index (χ4v) is 1.90. The van der Waals surface area contributed by atoms with E-state index in [1.54, 1.807) is 18.2 Å². The fourth-order valence-electron chi connectivity index (χ4n) is 1.49. The first kappa shape index (κ1) is 13.5. The maximum absolute atomic E-state index is 11.9. The number of nitro groups is 1. The zero-order valence-electron chi connectivity index (χ0n) is 9.42. The van der Waals surface area contributed by atoms with Crippen molar-refractivity contribution in [3.05, 3.63) is 56.2 Å². The van der Waals surface area contributed by atoms with Gasteiger partial charge >= 0.3 is 5.82 Å². The van der Waals surface area contributed by atoms with Crippen LogP contribution in [0.5, 0.6) is 0 Å². The molecule has 0 atom stereocenters. The number of carbonyl (C=O) groups is 1. The van der Waals surface area contributed by atoms with Crippen molar-refractivity contribution in [3.63, 3.8) is 0 Å². The largest absolute Gasteiger partial charge is 0.408 e. The van der Waals surface area contributed by atoms with Crippen molar-refractivity contribution in [1.82, 2.24) is 9.78 Å². The number of aromatic nitrogens is 2. The van der Waals surface area contributed by atoms with Gasteiger partial charge in [-0.1, -0.05) is 35.3 Å². The average molecular weight is 300 g/mol. The van der Waals surface area contributed by atoms with Crippen molar-refractivity contribution >= 4 is 34.8 Å². The van der Waals surface area contributed by atoms with Gasteiger partial charge in [0, 0.05) is 10.6 Å². The minimum atomic E-state index is -0.706. The molecule has 0 radical (unpaired) electrons. The maximum Gasteiger partial charge on any atom is 0.408 e. The summed E-state index contributed by atoms with van der Waals surface area (Å²) >= 11 is 11.4. The molecular weight excluding hydrogens is 293 g/mol. The van der Waals surface area contributed by atoms with Crippen LogP contribution in [-0.2, 0) is 6.54 Å². The summed E-state index contributed by atoms with van der Waals surface area (Å²) in [4.78, 5) is 21.8. The first-order valence-corrected chi connectivity index (χ1v) is 5.89. The Balaban J connectivity index is 2.20. The van der Waals surface area contributed by atoms with Crippen LogP contribution in [-0.4, -0.2) is 20.5 Å². The van der Waals surface area contributed by atoms with Crippen molar-refractivity contribution in [2.24, 2.45) is 0 Å². The minimum Gasteiger partial charge on any atom is -0.358 e. The molecule has 8 heteroatoms. The number of ketones is 1. The van der Waals surface area contributed by atoms with E-state index < -0.39 is 10.7 Å². The number of carbonyl (C=O) groups excluding carboxylic acids is 1. The second kappa shape index (κ2) is 5.38. The molecule has 0 saturated heterocycles. The van der Waals surface area contributed by atoms with Gasteiger partial charge in [-0.2, -0.15) is 4.68 Å². The van der Waals surface area contributed by atoms with Gasteiger partial charge < -0.3 is 10.1 Å². The van der Waals surface area contributed by atoms with Crippen molar-refractivity contribution < 1.29 is 9.72 Å². The van der Waals surface area contributed by atoms with Gasteiger partial charge in [0.2, 0.25) is 0 Å². The van der Waals surface area contributed by atoms with Crippen LogP contribution in [0.2, 0.25) is 10.0 Å². The van der Waals surface area contributed by atoms with Crippen LogP contribution in [0.15, 0.2) is 30.5 Å². The standard InChI is InChI=1S/C11H7Cl2N3O3/c12-8-3-1-2-7(4-8)10(17)6-15-5-9(13)11(14-15)16(18)19/h1-5H,6H2. The van der Waals surface area contributed by atoms with E-state index in [0.717, 1.165) is 4.68 Å². The zero-order chi connectivity index (χ0) is 14.0. The summed E-state index contributed by atoms with van der Waals surface area (Å²) in [5.41, 5.74) is 0.404. The van der Waals surface area contributed by atoms with E-state index in [0.29, 0.717) is 10.6 Å². The lowest BCUT2D eigenvalue weighted by Crippen LogP contribution is -2.11. The molecule has 19 heavy (non-hydrogen) atoms. The predicted octanol–water partition coefficient (Wildman–Crippen LogP) is 2.98. The first-order valence-electron chi connectivity index (χ1n) is 5.13. The second-order valence-corrected chi connectivity index (χ2v) is 4.53. The van der Waals surface area contributed by atoms with E-state index >= 15 is 0 Å². The fraction of sp³-hybridized carbons (Fsp3) is 0.0909. The molecule has 0 unspecified atom stereocenters. The Morgan fingerprint density at radius 3 is 2.74 bits per heavy atom. The van der Waals surface area contributed by atoms with E-state index in [1.807, 2.05) is 0 Å². The number of benzene rings is 1. The number of hydrogen-bond acceptors (Lipinski definition) is 4. The smallest absolute Gasteiger partial charge is 0.358 e. The molecule has 0 aliphatic carbocycles. The highest BCUT2D eigenvalue weighted by molar-refractivity contribution is 6.32. The monoisotopic (exact) mass is 299 g/mol. The number of Topliss-reactive ketones (excluding diaryl/α,β-unsaturated/α-hetero) is 1. The van der Waals surface area contributed by atoms with E-state index in [1.165, 1.54) is 12.3 Å². The molecule has 1 aromatic heterocycles. The SMILES string of the molecule is O=C(Cn1cc(Cl)c([N+](=O)[O-])n1)c1cccc(Cl)c1. The summed E-state index contributed by atoms with van der Waals surface area (Å²) in [7, 11) is 0. The summed E-state index contributed by atoms with van der Waals surface area (Å²) in [5.74, 6) is -0.739. The maximum atomic E-state index is 11.9. The molecule has 1 aromatic carbocycles. The Labute approximate surface area is 117 Å². The summed E-state index contributed by atoms with van der Waals surface area (Å²) < 4.78 is 1.13. The van der Waals surface area contributed by atoms with Gasteiger partial charge in [0.25, 0.3) is 0 Å². The van der Waals surface area contributed by atoms with E-state index in [9.17, 15) is 14.9 Å². The third kappa shape index (κ3) is 3.10. The summed E-state index contributed by atoms with van der Waals surface area (Å²) in [6.45, 7) is -0.145. The third-order valence-electron chi connectivity index (χ3n) is 2.32. The molecule has 0 fully saturated rings. The zero-order valence-corrected chi connectivity index (χ0v) is 10.9. The van der Waals surface area contributed by atoms with Crippen molar-refractivity contribution in [2.45, 2.75) is 6.54 Å². The van der Waals surface area contributed by atoms with Crippen LogP contribution < -0.4 is 0 Å². The number of nitrogens with zero attached hydrogens (tertiary/aromatic N) is 3. The van der Waals surface area contributed by atoms with Gasteiger partial charge in [-0.05, 0) is 17.1 Å². The quantitative estimate of drug-likeness (QED) is 0.494. The minimum absolute atomic E-state index is 0.108. The van der Waals surface area contributed by atoms with E-state index in [2.05, 4.69) is 5.10 Å². The molecular formula is C11H7Cl2N3O3. The van der Waals surface area contributed by atoms with E-state index in [-0.39, 0.29) is 17.4 Å². The average Bonchev–Trinajstić information content (AvgIpc) is 2.70. The van der Waals surface area contributed by atoms with Crippen LogP contribution in [0.1, 0.15) is 10.4 Å². The first-order chi connectivity index (χ1) is 8.97. The molecule has 0 aliphatic heterocycles. The van der Waals surface area contributed by atoms with Gasteiger partial charge in [0.1, 0.15) is 6.54 Å². The van der Waals surface area contributed by atoms with Crippen molar-refractivity contribution in [3.8, 4) is 0 Å². The van der Waals surface area contributed by atoms with E-state index in [4.69, 9.17) is 23.2 Å². The highest BCUT2D eigenvalue weighted by atomic mass is 35.5. The molecule has 0 amide bonds. The number of halogens is 2. The number of rotatable bonds is 4. The van der Waals surface area contributed by atoms with Crippen molar-refractivity contribution in [1.29, 1.82) is 0 Å². The summed E-state index contributed by atoms with van der Waals surface area (Å²) in [5, 5.41) is 14.5. The van der Waals surface area contributed by atoms with Crippen molar-refractivity contribution in [2.75, 3.05) is 0 Å². The van der Waals surface area contributed by atoms with Gasteiger partial charge in [0.15, 0.2) is 10.8 Å². The Hall–Kier alpha value is -1.92. The molecule has 0 aliphatic rings. The Bertz CT molecular complexity index is 654. The molecule has 2 aromatic rings. The lowest BCUT2D eigenvalue weighted by Gasteiger charge is -1.99. The van der Waals surface area contributed by atoms with Gasteiger partial charge in [-0.25, -0.2) is 0 Å². The highest BCUT2D eigenvalue weighted by Crippen LogP contribution is 2.21. The second-order valence-electron chi connectivity index (χ2n) is 3.69. The Kier molecular flexibility index (Phi) is 3.82. The topological polar surface area (TPSA) is 78.0 Å². The molecule has 1 heterocycles. The van der Waals surface area contributed by atoms with Crippen LogP contribution >= 0.6 is 23.2 Å². The molecule has 0 saturated carbocycles. The molecule has 0 bridgehead atoms. The molecule has 2 rings (SSSR count). The summed E-state index contributed by atoms with van der Waals surface area (Å²) in [6, 6.07) is 6.42. The Morgan fingerprint density at radius 2 is 2.16 bits per heavy atom. The third-order valence-corrected chi connectivity index (χ3v) is 2.83. The lowest BCUT2D eigenvalue weighted by atomic mass is 10.1. The molecule has 0 N–H and O–H groups in total. The lowest BCUT2D eigenvalue weighted by molar-refractivity contribution is -0.389. The predicted molar refractivity (Wildman–Crippen MR) is 69.7 cm³/mol. The van der Waals surface area contributed by atoms with Gasteiger partial charge in [0.05, 0.1) is 11.3 Å². The summed E-state index contributed by atoms with van der Waals surface area (Å²) in [6.07, 6.45) is 1.24. The molecule has 0 spiro atoms. The Morgan fingerprint density at radius 1 is 1.42 bits per heavy atom.